The maximum absolute atomic E-state index is 12.9. The minimum Gasteiger partial charge on any atom is -0.457 e. The standard InChI is InChI=1S/C18H24O4S/c1-13-15(17(19)22-18(2,3)4)11-8-12-16(13)23(20,21)14-9-6-5-7-10-14/h5-7,9-10,16H,8,11-12H2,1-4H3. The van der Waals surface area contributed by atoms with Crippen LogP contribution in [0.3, 0.4) is 0 Å². The van der Waals surface area contributed by atoms with E-state index in [2.05, 4.69) is 0 Å². The molecule has 23 heavy (non-hydrogen) atoms. The van der Waals surface area contributed by atoms with E-state index >= 15 is 0 Å². The molecule has 1 aliphatic rings. The van der Waals surface area contributed by atoms with Crippen LogP contribution in [0.5, 0.6) is 0 Å². The third-order valence-electron chi connectivity index (χ3n) is 3.94. The van der Waals surface area contributed by atoms with Gasteiger partial charge in [-0.15, -0.1) is 0 Å². The molecule has 126 valence electrons. The van der Waals surface area contributed by atoms with Crippen LogP contribution in [0.1, 0.15) is 47.0 Å². The van der Waals surface area contributed by atoms with Crippen molar-refractivity contribution in [3.63, 3.8) is 0 Å². The Morgan fingerprint density at radius 2 is 1.78 bits per heavy atom. The van der Waals surface area contributed by atoms with Crippen molar-refractivity contribution in [2.24, 2.45) is 0 Å². The molecule has 1 aliphatic carbocycles. The Balaban J connectivity index is 2.37. The molecular weight excluding hydrogens is 312 g/mol. The summed E-state index contributed by atoms with van der Waals surface area (Å²) in [6.07, 6.45) is 1.78. The SMILES string of the molecule is CC1=C(C(=O)OC(C)(C)C)CCCC1S(=O)(=O)c1ccccc1. The first-order chi connectivity index (χ1) is 10.6. The molecule has 5 heteroatoms. The molecule has 0 heterocycles. The quantitative estimate of drug-likeness (QED) is 0.790. The molecule has 1 aromatic carbocycles. The van der Waals surface area contributed by atoms with Crippen LogP contribution in [0, 0.1) is 0 Å². The second-order valence-electron chi connectivity index (χ2n) is 6.90. The summed E-state index contributed by atoms with van der Waals surface area (Å²) >= 11 is 0. The maximum Gasteiger partial charge on any atom is 0.334 e. The first-order valence-corrected chi connectivity index (χ1v) is 9.39. The van der Waals surface area contributed by atoms with Crippen LogP contribution in [-0.4, -0.2) is 25.2 Å². The van der Waals surface area contributed by atoms with Crippen molar-refractivity contribution in [1.29, 1.82) is 0 Å². The van der Waals surface area contributed by atoms with Crippen molar-refractivity contribution in [3.8, 4) is 0 Å². The second kappa shape index (κ2) is 6.48. The molecule has 0 amide bonds. The fourth-order valence-corrected chi connectivity index (χ4v) is 4.79. The fraction of sp³-hybridized carbons (Fsp3) is 0.500. The smallest absolute Gasteiger partial charge is 0.334 e. The van der Waals surface area contributed by atoms with Gasteiger partial charge in [-0.2, -0.15) is 0 Å². The average Bonchev–Trinajstić information content (AvgIpc) is 2.46. The average molecular weight is 336 g/mol. The van der Waals surface area contributed by atoms with Gasteiger partial charge in [-0.05, 0) is 64.7 Å². The first-order valence-electron chi connectivity index (χ1n) is 7.85. The zero-order valence-electron chi connectivity index (χ0n) is 14.1. The molecule has 1 unspecified atom stereocenters. The summed E-state index contributed by atoms with van der Waals surface area (Å²) in [6.45, 7) is 7.16. The van der Waals surface area contributed by atoms with Crippen LogP contribution in [0.15, 0.2) is 46.4 Å². The van der Waals surface area contributed by atoms with E-state index in [0.29, 0.717) is 35.3 Å². The van der Waals surface area contributed by atoms with Gasteiger partial charge in [0.25, 0.3) is 0 Å². The number of carbonyl (C=O) groups excluding carboxylic acids is 1. The Labute approximate surface area is 138 Å². The van der Waals surface area contributed by atoms with Gasteiger partial charge in [-0.1, -0.05) is 18.2 Å². The lowest BCUT2D eigenvalue weighted by molar-refractivity contribution is -0.150. The number of sulfone groups is 1. The highest BCUT2D eigenvalue weighted by Crippen LogP contribution is 2.34. The van der Waals surface area contributed by atoms with Crippen LogP contribution in [-0.2, 0) is 19.4 Å². The van der Waals surface area contributed by atoms with Crippen LogP contribution >= 0.6 is 0 Å². The highest BCUT2D eigenvalue weighted by atomic mass is 32.2. The highest BCUT2D eigenvalue weighted by Gasteiger charge is 2.35. The summed E-state index contributed by atoms with van der Waals surface area (Å²) in [5.41, 5.74) is 0.542. The van der Waals surface area contributed by atoms with Crippen molar-refractivity contribution < 1.29 is 17.9 Å². The van der Waals surface area contributed by atoms with Gasteiger partial charge in [0.15, 0.2) is 9.84 Å². The van der Waals surface area contributed by atoms with E-state index < -0.39 is 26.7 Å². The van der Waals surface area contributed by atoms with E-state index in [9.17, 15) is 13.2 Å². The monoisotopic (exact) mass is 336 g/mol. The summed E-state index contributed by atoms with van der Waals surface area (Å²) < 4.78 is 31.2. The Bertz CT molecular complexity index is 709. The Kier molecular flexibility index (Phi) is 4.99. The van der Waals surface area contributed by atoms with Crippen molar-refractivity contribution in [1.82, 2.24) is 0 Å². The van der Waals surface area contributed by atoms with Crippen molar-refractivity contribution in [3.05, 3.63) is 41.5 Å². The van der Waals surface area contributed by atoms with Gasteiger partial charge in [0.05, 0.1) is 10.1 Å². The minimum atomic E-state index is -3.49. The summed E-state index contributed by atoms with van der Waals surface area (Å²) in [5.74, 6) is -0.400. The number of esters is 1. The first kappa shape index (κ1) is 17.7. The third-order valence-corrected chi connectivity index (χ3v) is 6.21. The lowest BCUT2D eigenvalue weighted by Gasteiger charge is -2.28. The topological polar surface area (TPSA) is 60.4 Å². The number of ether oxygens (including phenoxy) is 1. The predicted molar refractivity (Wildman–Crippen MR) is 89.8 cm³/mol. The van der Waals surface area contributed by atoms with E-state index in [4.69, 9.17) is 4.74 Å². The Hall–Kier alpha value is -1.62. The van der Waals surface area contributed by atoms with E-state index in [-0.39, 0.29) is 0 Å². The van der Waals surface area contributed by atoms with Crippen LogP contribution in [0.4, 0.5) is 0 Å². The summed E-state index contributed by atoms with van der Waals surface area (Å²) in [7, 11) is -3.49. The Morgan fingerprint density at radius 3 is 2.35 bits per heavy atom. The summed E-state index contributed by atoms with van der Waals surface area (Å²) in [4.78, 5) is 12.7. The molecule has 0 fully saturated rings. The van der Waals surface area contributed by atoms with Crippen molar-refractivity contribution >= 4 is 15.8 Å². The van der Waals surface area contributed by atoms with Crippen LogP contribution in [0.25, 0.3) is 0 Å². The number of benzene rings is 1. The molecule has 0 saturated heterocycles. The fourth-order valence-electron chi connectivity index (χ4n) is 2.84. The zero-order valence-corrected chi connectivity index (χ0v) is 14.9. The zero-order chi connectivity index (χ0) is 17.3. The lowest BCUT2D eigenvalue weighted by atomic mass is 9.92. The number of carbonyl (C=O) groups is 1. The van der Waals surface area contributed by atoms with E-state index in [1.807, 2.05) is 20.8 Å². The third kappa shape index (κ3) is 4.02. The lowest BCUT2D eigenvalue weighted by Crippen LogP contribution is -2.31. The van der Waals surface area contributed by atoms with Gasteiger partial charge in [-0.3, -0.25) is 0 Å². The van der Waals surface area contributed by atoms with Gasteiger partial charge < -0.3 is 4.74 Å². The van der Waals surface area contributed by atoms with E-state index in [1.54, 1.807) is 37.3 Å². The number of hydrogen-bond acceptors (Lipinski definition) is 4. The number of rotatable bonds is 3. The molecule has 0 aromatic heterocycles. The molecule has 1 atom stereocenters. The molecule has 2 rings (SSSR count). The van der Waals surface area contributed by atoms with Gasteiger partial charge in [-0.25, -0.2) is 13.2 Å². The van der Waals surface area contributed by atoms with E-state index in [0.717, 1.165) is 0 Å². The van der Waals surface area contributed by atoms with Crippen LogP contribution < -0.4 is 0 Å². The normalized spacial score (nSPS) is 19.6. The second-order valence-corrected chi connectivity index (χ2v) is 9.03. The van der Waals surface area contributed by atoms with Gasteiger partial charge >= 0.3 is 5.97 Å². The largest absolute Gasteiger partial charge is 0.457 e. The molecule has 0 bridgehead atoms. The molecule has 0 N–H and O–H groups in total. The molecule has 1 aromatic rings. The van der Waals surface area contributed by atoms with Crippen molar-refractivity contribution in [2.75, 3.05) is 0 Å². The van der Waals surface area contributed by atoms with Crippen molar-refractivity contribution in [2.45, 2.75) is 62.7 Å². The van der Waals surface area contributed by atoms with Gasteiger partial charge in [0, 0.05) is 5.57 Å². The maximum atomic E-state index is 12.9. The summed E-state index contributed by atoms with van der Waals surface area (Å²) in [5, 5.41) is -0.652. The molecular formula is C18H24O4S. The number of hydrogen-bond donors (Lipinski definition) is 0. The van der Waals surface area contributed by atoms with E-state index in [1.165, 1.54) is 0 Å². The molecule has 4 nitrogen and oxygen atoms in total. The summed E-state index contributed by atoms with van der Waals surface area (Å²) in [6, 6.07) is 8.41. The van der Waals surface area contributed by atoms with Gasteiger partial charge in [0.1, 0.15) is 5.60 Å². The molecule has 0 spiro atoms. The molecule has 0 saturated carbocycles. The minimum absolute atomic E-state index is 0.301. The highest BCUT2D eigenvalue weighted by molar-refractivity contribution is 7.92. The molecule has 0 radical (unpaired) electrons. The Morgan fingerprint density at radius 1 is 1.17 bits per heavy atom. The predicted octanol–water partition coefficient (Wildman–Crippen LogP) is 3.67. The van der Waals surface area contributed by atoms with Gasteiger partial charge in [0.2, 0.25) is 0 Å². The molecule has 0 aliphatic heterocycles. The van der Waals surface area contributed by atoms with Crippen LogP contribution in [0.2, 0.25) is 0 Å².